The fraction of sp³-hybridized carbons (Fsp3) is 0.867. The molecule has 2 aliphatic rings. The number of carboxylic acid groups (broad SMARTS) is 1. The van der Waals surface area contributed by atoms with Gasteiger partial charge in [-0.3, -0.25) is 0 Å². The summed E-state index contributed by atoms with van der Waals surface area (Å²) >= 11 is 0. The molecule has 0 spiro atoms. The van der Waals surface area contributed by atoms with Gasteiger partial charge in [-0.2, -0.15) is 0 Å². The summed E-state index contributed by atoms with van der Waals surface area (Å²) < 4.78 is 5.39. The Hall–Kier alpha value is -1.30. The van der Waals surface area contributed by atoms with E-state index in [9.17, 15) is 9.59 Å². The highest BCUT2D eigenvalue weighted by Crippen LogP contribution is 2.27. The predicted molar refractivity (Wildman–Crippen MR) is 78.1 cm³/mol. The Balaban J connectivity index is 1.73. The molecule has 2 N–H and O–H groups in total. The van der Waals surface area contributed by atoms with Gasteiger partial charge in [-0.25, -0.2) is 9.59 Å². The van der Waals surface area contributed by atoms with Crippen molar-refractivity contribution in [2.24, 2.45) is 5.92 Å². The van der Waals surface area contributed by atoms with E-state index in [1.165, 1.54) is 0 Å². The molecule has 1 saturated heterocycles. The van der Waals surface area contributed by atoms with Crippen LogP contribution in [0.5, 0.6) is 0 Å². The van der Waals surface area contributed by atoms with Crippen LogP contribution in [0.3, 0.4) is 0 Å². The number of aliphatic carboxylic acids is 1. The molecule has 0 bridgehead atoms. The van der Waals surface area contributed by atoms with E-state index in [4.69, 9.17) is 9.84 Å². The summed E-state index contributed by atoms with van der Waals surface area (Å²) in [5.74, 6) is -0.339. The largest absolute Gasteiger partial charge is 0.479 e. The molecule has 2 amide bonds. The van der Waals surface area contributed by atoms with Gasteiger partial charge in [0.25, 0.3) is 0 Å². The first-order valence-electron chi connectivity index (χ1n) is 7.90. The second-order valence-corrected chi connectivity index (χ2v) is 6.46. The predicted octanol–water partition coefficient (Wildman–Crippen LogP) is 1.84. The normalized spacial score (nSPS) is 25.1. The Kier molecular flexibility index (Phi) is 5.45. The van der Waals surface area contributed by atoms with Crippen LogP contribution in [0.25, 0.3) is 0 Å². The maximum absolute atomic E-state index is 12.3. The highest BCUT2D eigenvalue weighted by molar-refractivity contribution is 5.75. The second-order valence-electron chi connectivity index (χ2n) is 6.46. The van der Waals surface area contributed by atoms with Crippen LogP contribution in [0.1, 0.15) is 46.0 Å². The van der Waals surface area contributed by atoms with Crippen molar-refractivity contribution in [3.05, 3.63) is 0 Å². The number of carboxylic acids is 1. The zero-order valence-corrected chi connectivity index (χ0v) is 12.9. The molecule has 6 nitrogen and oxygen atoms in total. The van der Waals surface area contributed by atoms with Gasteiger partial charge in [0.05, 0.1) is 6.10 Å². The van der Waals surface area contributed by atoms with Crippen molar-refractivity contribution >= 4 is 12.0 Å². The van der Waals surface area contributed by atoms with Gasteiger partial charge in [0, 0.05) is 19.1 Å². The first-order valence-corrected chi connectivity index (χ1v) is 7.90. The van der Waals surface area contributed by atoms with E-state index >= 15 is 0 Å². The van der Waals surface area contributed by atoms with Gasteiger partial charge in [-0.15, -0.1) is 0 Å². The highest BCUT2D eigenvalue weighted by atomic mass is 16.5. The van der Waals surface area contributed by atoms with E-state index in [1.807, 2.05) is 4.90 Å². The second kappa shape index (κ2) is 7.11. The van der Waals surface area contributed by atoms with Gasteiger partial charge >= 0.3 is 12.0 Å². The van der Waals surface area contributed by atoms with Crippen molar-refractivity contribution < 1.29 is 19.4 Å². The maximum Gasteiger partial charge on any atom is 0.332 e. The van der Waals surface area contributed by atoms with Crippen LogP contribution < -0.4 is 5.32 Å². The summed E-state index contributed by atoms with van der Waals surface area (Å²) in [6, 6.07) is 0.348. The molecule has 0 radical (unpaired) electrons. The molecule has 2 rings (SSSR count). The molecule has 2 fully saturated rings. The molecule has 0 aromatic rings. The first-order chi connectivity index (χ1) is 9.97. The number of nitrogens with zero attached hydrogens (tertiary/aromatic N) is 1. The third-order valence-corrected chi connectivity index (χ3v) is 4.06. The molecule has 6 heteroatoms. The molecule has 1 heterocycles. The number of carbonyl (C=O) groups excluding carboxylic acids is 1. The van der Waals surface area contributed by atoms with Crippen molar-refractivity contribution in [1.29, 1.82) is 0 Å². The molecule has 120 valence electrons. The Morgan fingerprint density at radius 3 is 2.52 bits per heavy atom. The van der Waals surface area contributed by atoms with E-state index in [1.54, 1.807) is 0 Å². The van der Waals surface area contributed by atoms with Crippen molar-refractivity contribution in [3.8, 4) is 0 Å². The molecule has 1 aliphatic heterocycles. The number of rotatable bonds is 7. The summed E-state index contributed by atoms with van der Waals surface area (Å²) in [5.41, 5.74) is 0. The Morgan fingerprint density at radius 2 is 2.00 bits per heavy atom. The number of urea groups is 1. The van der Waals surface area contributed by atoms with Gasteiger partial charge in [0.1, 0.15) is 0 Å². The lowest BCUT2D eigenvalue weighted by Crippen LogP contribution is -2.44. The van der Waals surface area contributed by atoms with Crippen LogP contribution in [0.15, 0.2) is 0 Å². The van der Waals surface area contributed by atoms with Crippen LogP contribution >= 0.6 is 0 Å². The number of ether oxygens (including phenoxy) is 1. The van der Waals surface area contributed by atoms with Gasteiger partial charge < -0.3 is 20.1 Å². The van der Waals surface area contributed by atoms with Crippen molar-refractivity contribution in [1.82, 2.24) is 10.2 Å². The van der Waals surface area contributed by atoms with E-state index in [0.717, 1.165) is 25.8 Å². The fourth-order valence-corrected chi connectivity index (χ4v) is 2.57. The third kappa shape index (κ3) is 4.88. The number of hydrogen-bond acceptors (Lipinski definition) is 3. The molecule has 21 heavy (non-hydrogen) atoms. The van der Waals surface area contributed by atoms with E-state index < -0.39 is 12.1 Å². The zero-order valence-electron chi connectivity index (χ0n) is 12.9. The lowest BCUT2D eigenvalue weighted by atomic mass is 10.1. The summed E-state index contributed by atoms with van der Waals surface area (Å²) in [4.78, 5) is 25.0. The lowest BCUT2D eigenvalue weighted by Gasteiger charge is -2.24. The van der Waals surface area contributed by atoms with Crippen molar-refractivity contribution in [3.63, 3.8) is 0 Å². The Bertz CT molecular complexity index is 382. The highest BCUT2D eigenvalue weighted by Gasteiger charge is 2.34. The molecule has 2 atom stereocenters. The summed E-state index contributed by atoms with van der Waals surface area (Å²) in [6.07, 6.45) is 3.50. The minimum atomic E-state index is -0.916. The first kappa shape index (κ1) is 16.1. The zero-order chi connectivity index (χ0) is 15.4. The molecule has 1 saturated carbocycles. The SMILES string of the molecule is CC(C)CCN(C(=O)NCC1CCC(C(=O)O)O1)C1CC1. The number of hydrogen-bond donors (Lipinski definition) is 2. The molecule has 1 aliphatic carbocycles. The minimum absolute atomic E-state index is 0.0412. The quantitative estimate of drug-likeness (QED) is 0.751. The average Bonchev–Trinajstić information content (AvgIpc) is 3.13. The van der Waals surface area contributed by atoms with Crippen molar-refractivity contribution in [2.45, 2.75) is 64.2 Å². The monoisotopic (exact) mass is 298 g/mol. The third-order valence-electron chi connectivity index (χ3n) is 4.06. The Morgan fingerprint density at radius 1 is 1.29 bits per heavy atom. The lowest BCUT2D eigenvalue weighted by molar-refractivity contribution is -0.149. The summed E-state index contributed by atoms with van der Waals surface area (Å²) in [7, 11) is 0. The van der Waals surface area contributed by atoms with E-state index in [0.29, 0.717) is 31.3 Å². The molecular weight excluding hydrogens is 272 g/mol. The van der Waals surface area contributed by atoms with Gasteiger partial charge in [-0.1, -0.05) is 13.8 Å². The van der Waals surface area contributed by atoms with E-state index in [-0.39, 0.29) is 12.1 Å². The topological polar surface area (TPSA) is 78.9 Å². The minimum Gasteiger partial charge on any atom is -0.479 e. The van der Waals surface area contributed by atoms with Crippen LogP contribution in [-0.4, -0.2) is 53.3 Å². The number of carbonyl (C=O) groups is 2. The fourth-order valence-electron chi connectivity index (χ4n) is 2.57. The maximum atomic E-state index is 12.3. The van der Waals surface area contributed by atoms with Gasteiger partial charge in [0.2, 0.25) is 0 Å². The standard InChI is InChI=1S/C15H26N2O4/c1-10(2)7-8-17(11-3-4-11)15(20)16-9-12-5-6-13(21-12)14(18)19/h10-13H,3-9H2,1-2H3,(H,16,20)(H,18,19). The number of nitrogens with one attached hydrogen (secondary N) is 1. The van der Waals surface area contributed by atoms with Gasteiger partial charge in [-0.05, 0) is 38.0 Å². The number of amides is 2. The Labute approximate surface area is 125 Å². The van der Waals surface area contributed by atoms with E-state index in [2.05, 4.69) is 19.2 Å². The average molecular weight is 298 g/mol. The molecular formula is C15H26N2O4. The molecule has 2 unspecified atom stereocenters. The van der Waals surface area contributed by atoms with Crippen LogP contribution in [0, 0.1) is 5.92 Å². The summed E-state index contributed by atoms with van der Waals surface area (Å²) in [6.45, 7) is 5.49. The van der Waals surface area contributed by atoms with Crippen LogP contribution in [-0.2, 0) is 9.53 Å². The molecule has 0 aromatic heterocycles. The van der Waals surface area contributed by atoms with Gasteiger partial charge in [0.15, 0.2) is 6.10 Å². The van der Waals surface area contributed by atoms with Crippen LogP contribution in [0.4, 0.5) is 4.79 Å². The van der Waals surface area contributed by atoms with Crippen molar-refractivity contribution in [2.75, 3.05) is 13.1 Å². The van der Waals surface area contributed by atoms with Crippen LogP contribution in [0.2, 0.25) is 0 Å². The molecule has 0 aromatic carbocycles. The summed E-state index contributed by atoms with van der Waals surface area (Å²) in [5, 5.41) is 11.8. The smallest absolute Gasteiger partial charge is 0.332 e.